The molecule has 41 heavy (non-hydrogen) atoms. The third-order valence-electron chi connectivity index (χ3n) is 8.71. The van der Waals surface area contributed by atoms with Crippen LogP contribution in [-0.2, 0) is 32.0 Å². The Labute approximate surface area is 245 Å². The molecule has 10 heteroatoms. The lowest BCUT2D eigenvalue weighted by atomic mass is 9.80. The number of rotatable bonds is 4. The second-order valence-corrected chi connectivity index (χ2v) is 12.1. The van der Waals surface area contributed by atoms with Crippen LogP contribution in [0, 0.1) is 5.92 Å². The molecule has 2 aliphatic heterocycles. The van der Waals surface area contributed by atoms with Crippen molar-refractivity contribution >= 4 is 35.2 Å². The minimum Gasteiger partial charge on any atom is -0.394 e. The number of benzene rings is 2. The Morgan fingerprint density at radius 3 is 2.51 bits per heavy atom. The first kappa shape index (κ1) is 29.1. The lowest BCUT2D eigenvalue weighted by Gasteiger charge is -2.45. The number of hydrogen-bond donors (Lipinski definition) is 4. The minimum absolute atomic E-state index is 0.0497. The van der Waals surface area contributed by atoms with Crippen molar-refractivity contribution in [1.82, 2.24) is 20.9 Å². The standard InChI is InChI=1S/C31H37ClN4O5/c1-19-28(39)34-26(17-37)29(40)35-31(16-20-7-10-22(32)11-8-20)13-4-14-36(18-31)30(41)25(15-27(38)33-19)24-12-9-21-5-2-3-6-23(21)24/h2-3,5-8,10-11,19,24-26,37H,4,9,12-18H2,1H3,(H,33,38)(H,34,39)(H,35,40)/t19?,24-,25?,26?,31?/m0/s1. The Morgan fingerprint density at radius 2 is 1.76 bits per heavy atom. The van der Waals surface area contributed by atoms with Gasteiger partial charge in [-0.1, -0.05) is 48.0 Å². The fraction of sp³-hybridized carbons (Fsp3) is 0.484. The van der Waals surface area contributed by atoms with Crippen molar-refractivity contribution in [2.75, 3.05) is 19.7 Å². The van der Waals surface area contributed by atoms with Crippen LogP contribution < -0.4 is 16.0 Å². The lowest BCUT2D eigenvalue weighted by Crippen LogP contribution is -2.65. The normalized spacial score (nSPS) is 29.2. The van der Waals surface area contributed by atoms with Gasteiger partial charge in [-0.2, -0.15) is 0 Å². The van der Waals surface area contributed by atoms with E-state index in [1.54, 1.807) is 17.0 Å². The highest BCUT2D eigenvalue weighted by Crippen LogP contribution is 2.41. The maximum absolute atomic E-state index is 14.4. The van der Waals surface area contributed by atoms with Crippen LogP contribution >= 0.6 is 11.6 Å². The van der Waals surface area contributed by atoms with Crippen LogP contribution in [0.5, 0.6) is 0 Å². The number of piperidine rings is 1. The lowest BCUT2D eigenvalue weighted by molar-refractivity contribution is -0.143. The smallest absolute Gasteiger partial charge is 0.245 e. The fourth-order valence-electron chi connectivity index (χ4n) is 6.65. The number of halogens is 1. The molecular weight excluding hydrogens is 544 g/mol. The SMILES string of the molecule is CC1NC(=O)CC([C@H]2CCc3ccccc32)C(=O)N2CCCC(Cc3ccc(Cl)cc3)(C2)NC(=O)C(CO)NC1=O. The Bertz CT molecular complexity index is 1320. The van der Waals surface area contributed by atoms with E-state index in [4.69, 9.17) is 11.6 Å². The predicted octanol–water partition coefficient (Wildman–Crippen LogP) is 2.09. The second-order valence-electron chi connectivity index (χ2n) is 11.6. The summed E-state index contributed by atoms with van der Waals surface area (Å²) in [6.45, 7) is 1.67. The number of amides is 4. The predicted molar refractivity (Wildman–Crippen MR) is 154 cm³/mol. The molecule has 4 unspecified atom stereocenters. The zero-order valence-electron chi connectivity index (χ0n) is 23.2. The molecule has 4 N–H and O–H groups in total. The van der Waals surface area contributed by atoms with Crippen LogP contribution in [-0.4, -0.2) is 71.0 Å². The summed E-state index contributed by atoms with van der Waals surface area (Å²) in [6.07, 6.45) is 3.23. The zero-order chi connectivity index (χ0) is 29.1. The topological polar surface area (TPSA) is 128 Å². The molecule has 0 saturated carbocycles. The summed E-state index contributed by atoms with van der Waals surface area (Å²) in [5, 5.41) is 19.0. The monoisotopic (exact) mass is 580 g/mol. The molecule has 2 saturated heterocycles. The van der Waals surface area contributed by atoms with Crippen LogP contribution in [0.2, 0.25) is 5.02 Å². The second kappa shape index (κ2) is 12.2. The number of aryl methyl sites for hydroxylation is 1. The molecule has 5 atom stereocenters. The van der Waals surface area contributed by atoms with Crippen LogP contribution in [0.1, 0.15) is 55.2 Å². The zero-order valence-corrected chi connectivity index (χ0v) is 24.0. The van der Waals surface area contributed by atoms with Crippen molar-refractivity contribution < 1.29 is 24.3 Å². The van der Waals surface area contributed by atoms with Gasteiger partial charge in [0, 0.05) is 24.5 Å². The maximum Gasteiger partial charge on any atom is 0.245 e. The summed E-state index contributed by atoms with van der Waals surface area (Å²) in [5.41, 5.74) is 2.38. The fourth-order valence-corrected chi connectivity index (χ4v) is 6.78. The van der Waals surface area contributed by atoms with Crippen LogP contribution in [0.3, 0.4) is 0 Å². The van der Waals surface area contributed by atoms with Gasteiger partial charge in [0.25, 0.3) is 0 Å². The van der Waals surface area contributed by atoms with Crippen LogP contribution in [0.4, 0.5) is 0 Å². The van der Waals surface area contributed by atoms with Gasteiger partial charge in [-0.05, 0) is 73.8 Å². The Morgan fingerprint density at radius 1 is 1.00 bits per heavy atom. The summed E-state index contributed by atoms with van der Waals surface area (Å²) in [7, 11) is 0. The van der Waals surface area contributed by atoms with Gasteiger partial charge in [0.15, 0.2) is 0 Å². The van der Waals surface area contributed by atoms with E-state index in [9.17, 15) is 24.3 Å². The van der Waals surface area contributed by atoms with Gasteiger partial charge in [-0.15, -0.1) is 0 Å². The van der Waals surface area contributed by atoms with E-state index in [0.717, 1.165) is 24.0 Å². The number of aliphatic hydroxyl groups excluding tert-OH is 1. The molecule has 9 nitrogen and oxygen atoms in total. The quantitative estimate of drug-likeness (QED) is 0.440. The van der Waals surface area contributed by atoms with E-state index in [2.05, 4.69) is 22.0 Å². The average molecular weight is 581 g/mol. The third kappa shape index (κ3) is 6.41. The molecule has 2 heterocycles. The first-order valence-corrected chi connectivity index (χ1v) is 14.7. The molecule has 3 aliphatic rings. The molecule has 0 spiro atoms. The van der Waals surface area contributed by atoms with Crippen molar-refractivity contribution in [3.63, 3.8) is 0 Å². The molecule has 2 aromatic carbocycles. The minimum atomic E-state index is -1.21. The van der Waals surface area contributed by atoms with Gasteiger partial charge in [0.1, 0.15) is 12.1 Å². The van der Waals surface area contributed by atoms with E-state index < -0.39 is 47.9 Å². The third-order valence-corrected chi connectivity index (χ3v) is 8.96. The molecule has 2 fully saturated rings. The summed E-state index contributed by atoms with van der Waals surface area (Å²) < 4.78 is 0. The number of carbonyl (C=O) groups excluding carboxylic acids is 4. The number of aliphatic hydroxyl groups is 1. The highest BCUT2D eigenvalue weighted by Gasteiger charge is 2.44. The van der Waals surface area contributed by atoms with E-state index in [1.807, 2.05) is 30.3 Å². The molecule has 218 valence electrons. The van der Waals surface area contributed by atoms with Gasteiger partial charge in [-0.3, -0.25) is 19.2 Å². The van der Waals surface area contributed by atoms with Crippen LogP contribution in [0.25, 0.3) is 0 Å². The first-order chi connectivity index (χ1) is 19.7. The largest absolute Gasteiger partial charge is 0.394 e. The van der Waals surface area contributed by atoms with Crippen molar-refractivity contribution in [3.05, 3.63) is 70.2 Å². The molecule has 0 radical (unpaired) electrons. The highest BCUT2D eigenvalue weighted by atomic mass is 35.5. The molecule has 5 rings (SSSR count). The van der Waals surface area contributed by atoms with Gasteiger partial charge in [0.2, 0.25) is 23.6 Å². The molecule has 4 amide bonds. The molecule has 1 aliphatic carbocycles. The average Bonchev–Trinajstić information content (AvgIpc) is 3.39. The number of carbonyl (C=O) groups is 4. The van der Waals surface area contributed by atoms with E-state index in [1.165, 1.54) is 12.5 Å². The van der Waals surface area contributed by atoms with Gasteiger partial charge in [0.05, 0.1) is 18.1 Å². The summed E-state index contributed by atoms with van der Waals surface area (Å²) in [5.74, 6) is -2.38. The number of nitrogens with zero attached hydrogens (tertiary/aromatic N) is 1. The Hall–Kier alpha value is -3.43. The molecule has 0 aromatic heterocycles. The maximum atomic E-state index is 14.4. The molecular formula is C31H37ClN4O5. The summed E-state index contributed by atoms with van der Waals surface area (Å²) in [6, 6.07) is 13.3. The number of nitrogens with one attached hydrogen (secondary N) is 3. The Balaban J connectivity index is 1.52. The summed E-state index contributed by atoms with van der Waals surface area (Å²) >= 11 is 6.12. The van der Waals surface area contributed by atoms with Gasteiger partial charge in [-0.25, -0.2) is 0 Å². The molecule has 2 aromatic rings. The van der Waals surface area contributed by atoms with Gasteiger partial charge < -0.3 is 26.0 Å². The van der Waals surface area contributed by atoms with E-state index in [0.29, 0.717) is 30.8 Å². The van der Waals surface area contributed by atoms with Crippen molar-refractivity contribution in [2.45, 2.75) is 69.0 Å². The van der Waals surface area contributed by atoms with Crippen molar-refractivity contribution in [3.8, 4) is 0 Å². The van der Waals surface area contributed by atoms with Crippen molar-refractivity contribution in [1.29, 1.82) is 0 Å². The van der Waals surface area contributed by atoms with Crippen molar-refractivity contribution in [2.24, 2.45) is 5.92 Å². The van der Waals surface area contributed by atoms with Gasteiger partial charge >= 0.3 is 0 Å². The first-order valence-electron chi connectivity index (χ1n) is 14.3. The Kier molecular flexibility index (Phi) is 8.66. The number of fused-ring (bicyclic) bond motifs is 3. The van der Waals surface area contributed by atoms with E-state index >= 15 is 0 Å². The number of hydrogen-bond acceptors (Lipinski definition) is 5. The highest BCUT2D eigenvalue weighted by molar-refractivity contribution is 6.30. The van der Waals surface area contributed by atoms with E-state index in [-0.39, 0.29) is 24.8 Å². The summed E-state index contributed by atoms with van der Waals surface area (Å²) in [4.78, 5) is 55.8. The van der Waals surface area contributed by atoms with Crippen LogP contribution in [0.15, 0.2) is 48.5 Å². The molecule has 2 bridgehead atoms.